The number of ether oxygens (including phenoxy) is 2. The minimum Gasteiger partial charge on any atom is -0.453 e. The molecular weight excluding hydrogens is 745 g/mol. The molecule has 0 fully saturated rings. The number of carbonyl (C=O) groups is 2. The molecule has 310 valence electrons. The number of nitrogens with zero attached hydrogens (tertiary/aromatic N) is 3. The van der Waals surface area contributed by atoms with Gasteiger partial charge in [-0.15, -0.1) is 0 Å². The molecule has 6 aromatic rings. The Morgan fingerprint density at radius 1 is 0.655 bits per heavy atom. The fourth-order valence-electron chi connectivity index (χ4n) is 6.35. The zero-order valence-electron chi connectivity index (χ0n) is 34.6. The van der Waals surface area contributed by atoms with Gasteiger partial charge in [-0.25, -0.2) is 29.1 Å². The van der Waals surface area contributed by atoms with Gasteiger partial charge in [0.25, 0.3) is 0 Å². The predicted molar refractivity (Wildman–Crippen MR) is 226 cm³/mol. The van der Waals surface area contributed by atoms with E-state index in [2.05, 4.69) is 36.2 Å². The summed E-state index contributed by atoms with van der Waals surface area (Å²) in [6.45, 7) is 23.1. The minimum atomic E-state index is -0.597. The second kappa shape index (κ2) is 17.7. The van der Waals surface area contributed by atoms with Crippen molar-refractivity contribution in [3.63, 3.8) is 0 Å². The van der Waals surface area contributed by atoms with Crippen LogP contribution >= 0.6 is 0 Å². The molecule has 4 aromatic heterocycles. The number of H-pyrrole nitrogens is 1. The Kier molecular flexibility index (Phi) is 13.5. The van der Waals surface area contributed by atoms with Crippen molar-refractivity contribution in [3.8, 4) is 23.0 Å². The van der Waals surface area contributed by atoms with Gasteiger partial charge in [0.05, 0.1) is 11.4 Å². The van der Waals surface area contributed by atoms with Crippen molar-refractivity contribution >= 4 is 45.9 Å². The minimum absolute atomic E-state index is 0. The van der Waals surface area contributed by atoms with E-state index in [4.69, 9.17) is 18.3 Å². The Bertz CT molecular complexity index is 2630. The van der Waals surface area contributed by atoms with Crippen molar-refractivity contribution < 1.29 is 27.9 Å². The zero-order chi connectivity index (χ0) is 42.0. The molecule has 0 atom stereocenters. The van der Waals surface area contributed by atoms with Gasteiger partial charge < -0.3 is 39.6 Å². The van der Waals surface area contributed by atoms with E-state index in [1.807, 2.05) is 83.1 Å². The molecule has 0 aliphatic heterocycles. The van der Waals surface area contributed by atoms with Crippen LogP contribution in [0.1, 0.15) is 79.6 Å². The summed E-state index contributed by atoms with van der Waals surface area (Å²) in [5.74, 6) is 0.853. The smallest absolute Gasteiger partial charge is 0.421 e. The third-order valence-corrected chi connectivity index (χ3v) is 9.77. The van der Waals surface area contributed by atoms with Crippen LogP contribution in [0, 0.1) is 55.4 Å². The summed E-state index contributed by atoms with van der Waals surface area (Å²) in [5.41, 5.74) is 10.0. The SMILES string of the molecule is C.Cc1c(C)c(NC(=O)NC(C)C)c(C)c(Oc2ccnc3[nH]c(=O)oc23)c1C.Cc1c(C)c(NC(=O)NC(C)C)c(C)c(Oc2ccnc3c2oc(=O)n3C)c1C. The Balaban J connectivity index is 0.000000252. The van der Waals surface area contributed by atoms with E-state index >= 15 is 0 Å². The lowest BCUT2D eigenvalue weighted by atomic mass is 9.97. The van der Waals surface area contributed by atoms with E-state index < -0.39 is 11.5 Å². The lowest BCUT2D eigenvalue weighted by Gasteiger charge is -2.21. The summed E-state index contributed by atoms with van der Waals surface area (Å²) in [6.07, 6.45) is 3.09. The van der Waals surface area contributed by atoms with Gasteiger partial charge in [0.15, 0.2) is 22.8 Å². The first kappa shape index (κ1) is 44.1. The number of amides is 4. The summed E-state index contributed by atoms with van der Waals surface area (Å²) in [4.78, 5) is 58.7. The second-order valence-electron chi connectivity index (χ2n) is 14.5. The van der Waals surface area contributed by atoms with E-state index in [1.165, 1.54) is 10.8 Å². The number of aryl methyl sites for hydroxylation is 1. The van der Waals surface area contributed by atoms with Gasteiger partial charge in [-0.1, -0.05) is 7.43 Å². The molecule has 0 radical (unpaired) electrons. The summed E-state index contributed by atoms with van der Waals surface area (Å²) in [7, 11) is 1.59. The first-order valence-electron chi connectivity index (χ1n) is 18.4. The van der Waals surface area contributed by atoms with E-state index in [0.29, 0.717) is 45.7 Å². The number of aromatic nitrogens is 4. The number of hydrogen-bond acceptors (Lipinski definition) is 10. The molecule has 0 saturated carbocycles. The number of oxazole rings is 2. The van der Waals surface area contributed by atoms with Crippen LogP contribution in [0.4, 0.5) is 21.0 Å². The van der Waals surface area contributed by atoms with Crippen LogP contribution in [-0.4, -0.2) is 43.7 Å². The fraction of sp³-hybridized carbons (Fsp3) is 0.381. The number of aromatic amines is 1. The van der Waals surface area contributed by atoms with Crippen LogP contribution in [0.3, 0.4) is 0 Å². The van der Waals surface area contributed by atoms with Gasteiger partial charge in [0.1, 0.15) is 11.5 Å². The monoisotopic (exact) mass is 798 g/mol. The Morgan fingerprint density at radius 3 is 1.57 bits per heavy atom. The molecule has 5 N–H and O–H groups in total. The van der Waals surface area contributed by atoms with Crippen molar-refractivity contribution in [2.24, 2.45) is 7.05 Å². The fourth-order valence-corrected chi connectivity index (χ4v) is 6.35. The summed E-state index contributed by atoms with van der Waals surface area (Å²) in [5, 5.41) is 11.5. The van der Waals surface area contributed by atoms with Gasteiger partial charge >= 0.3 is 23.6 Å². The van der Waals surface area contributed by atoms with Crippen LogP contribution in [0.25, 0.3) is 22.5 Å². The standard InChI is InChI=1S/C21H26N4O4.C20H24N4O4.CH4/c1-10(2)23-20(26)24-16-12(4)11(3)13(5)17(14(16)6)28-15-8-9-22-19-18(15)29-21(27)25(19)7;1-9(2)22-19(25)23-15-11(4)10(3)12(5)16(13(15)6)27-14-7-8-21-18-17(14)28-20(26)24-18;/h8-10H,1-7H3,(H2,23,24,26);7-9H,1-6H3,(H,21,24,26)(H2,22,23,25);1H4. The summed E-state index contributed by atoms with van der Waals surface area (Å²) >= 11 is 0. The maximum atomic E-state index is 12.3. The van der Waals surface area contributed by atoms with Crippen molar-refractivity contribution in [3.05, 3.63) is 90.1 Å². The first-order chi connectivity index (χ1) is 26.8. The number of fused-ring (bicyclic) bond motifs is 2. The van der Waals surface area contributed by atoms with Crippen LogP contribution in [0.2, 0.25) is 0 Å². The number of nitrogens with one attached hydrogen (secondary N) is 5. The van der Waals surface area contributed by atoms with E-state index in [-0.39, 0.29) is 42.7 Å². The normalized spacial score (nSPS) is 10.9. The van der Waals surface area contributed by atoms with Crippen LogP contribution < -0.4 is 42.3 Å². The summed E-state index contributed by atoms with van der Waals surface area (Å²) < 4.78 is 24.1. The van der Waals surface area contributed by atoms with Gasteiger partial charge in [-0.3, -0.25) is 9.55 Å². The number of carbonyl (C=O) groups excluding carboxylic acids is 2. The highest BCUT2D eigenvalue weighted by Gasteiger charge is 2.22. The molecule has 4 heterocycles. The average molecular weight is 799 g/mol. The largest absolute Gasteiger partial charge is 0.453 e. The lowest BCUT2D eigenvalue weighted by molar-refractivity contribution is 0.249. The number of urea groups is 2. The Hall–Kier alpha value is -6.58. The van der Waals surface area contributed by atoms with E-state index in [9.17, 15) is 19.2 Å². The third-order valence-electron chi connectivity index (χ3n) is 9.77. The average Bonchev–Trinajstić information content (AvgIpc) is 3.68. The maximum absolute atomic E-state index is 12.3. The molecule has 0 unspecified atom stereocenters. The highest BCUT2D eigenvalue weighted by molar-refractivity contribution is 5.93. The van der Waals surface area contributed by atoms with E-state index in [0.717, 1.165) is 44.5 Å². The van der Waals surface area contributed by atoms with Crippen molar-refractivity contribution in [2.75, 3.05) is 10.6 Å². The van der Waals surface area contributed by atoms with Crippen molar-refractivity contribution in [1.82, 2.24) is 30.2 Å². The molecule has 0 aliphatic carbocycles. The molecule has 6 rings (SSSR count). The number of benzene rings is 2. The number of pyridine rings is 2. The van der Waals surface area contributed by atoms with Gasteiger partial charge in [-0.05, 0) is 116 Å². The molecule has 0 aliphatic rings. The molecule has 0 bridgehead atoms. The molecule has 58 heavy (non-hydrogen) atoms. The first-order valence-corrected chi connectivity index (χ1v) is 18.4. The lowest BCUT2D eigenvalue weighted by Crippen LogP contribution is -2.34. The molecule has 2 aromatic carbocycles. The van der Waals surface area contributed by atoms with Gasteiger partial charge in [0.2, 0.25) is 11.2 Å². The van der Waals surface area contributed by atoms with Gasteiger partial charge in [-0.2, -0.15) is 0 Å². The molecule has 4 amide bonds. The van der Waals surface area contributed by atoms with Crippen molar-refractivity contribution in [2.45, 2.75) is 103 Å². The topological polar surface area (TPSA) is 208 Å². The maximum Gasteiger partial charge on any atom is 0.421 e. The number of hydrogen-bond donors (Lipinski definition) is 5. The molecular formula is C42H54N8O8. The molecule has 0 spiro atoms. The third kappa shape index (κ3) is 9.01. The molecule has 16 heteroatoms. The van der Waals surface area contributed by atoms with Crippen molar-refractivity contribution in [1.29, 1.82) is 0 Å². The van der Waals surface area contributed by atoms with E-state index in [1.54, 1.807) is 25.4 Å². The quantitative estimate of drug-likeness (QED) is 0.0989. The van der Waals surface area contributed by atoms with Crippen LogP contribution in [0.5, 0.6) is 23.0 Å². The highest BCUT2D eigenvalue weighted by atomic mass is 16.5. The second-order valence-corrected chi connectivity index (χ2v) is 14.5. The van der Waals surface area contributed by atoms with Crippen LogP contribution in [-0.2, 0) is 7.05 Å². The molecule has 16 nitrogen and oxygen atoms in total. The Morgan fingerprint density at radius 2 is 1.10 bits per heavy atom. The molecule has 0 saturated heterocycles. The predicted octanol–water partition coefficient (Wildman–Crippen LogP) is 8.79. The van der Waals surface area contributed by atoms with Gasteiger partial charge in [0, 0.05) is 54.8 Å². The summed E-state index contributed by atoms with van der Waals surface area (Å²) in [6, 6.07) is 2.76. The Labute approximate surface area is 336 Å². The highest BCUT2D eigenvalue weighted by Crippen LogP contribution is 2.41. The van der Waals surface area contributed by atoms with Crippen LogP contribution in [0.15, 0.2) is 42.9 Å². The number of rotatable bonds is 8. The zero-order valence-corrected chi connectivity index (χ0v) is 34.6. The number of anilines is 2.